The molecule has 0 aromatic carbocycles. The topological polar surface area (TPSA) is 57.5 Å². The number of halogens is 1. The Morgan fingerprint density at radius 2 is 1.29 bits per heavy atom. The monoisotopic (exact) mass is 174 g/mol. The van der Waals surface area contributed by atoms with Crippen molar-refractivity contribution in [2.45, 2.75) is 0 Å². The second-order valence-corrected chi connectivity index (χ2v) is 0.283. The minimum atomic E-state index is -1.83. The van der Waals surface area contributed by atoms with Crippen molar-refractivity contribution in [1.82, 2.24) is 0 Å². The van der Waals surface area contributed by atoms with Gasteiger partial charge in [0.05, 0.1) is 0 Å². The van der Waals surface area contributed by atoms with Crippen molar-refractivity contribution in [2.75, 3.05) is 0 Å². The van der Waals surface area contributed by atoms with Crippen molar-refractivity contribution in [1.29, 1.82) is 0 Å². The van der Waals surface area contributed by atoms with Gasteiger partial charge >= 0.3 is 54.6 Å². The van der Waals surface area contributed by atoms with Gasteiger partial charge in [-0.1, -0.05) is 0 Å². The molecule has 0 radical (unpaired) electrons. The summed E-state index contributed by atoms with van der Waals surface area (Å²) in [5, 5.41) is 13.9. The molecule has 0 unspecified atom stereocenters. The van der Waals surface area contributed by atoms with Crippen LogP contribution in [0.2, 0.25) is 0 Å². The van der Waals surface area contributed by atoms with E-state index in [0.717, 1.165) is 0 Å². The van der Waals surface area contributed by atoms with Crippen LogP contribution in [0.15, 0.2) is 0 Å². The minimum absolute atomic E-state index is 0. The fourth-order valence-electron chi connectivity index (χ4n) is 0. The third-order valence-corrected chi connectivity index (χ3v) is 0. The van der Waals surface area contributed by atoms with Crippen LogP contribution in [0.4, 0.5) is 4.79 Å². The molecule has 0 aliphatic carbocycles. The van der Waals surface area contributed by atoms with Crippen LogP contribution in [0.5, 0.6) is 0 Å². The molecule has 7 heavy (non-hydrogen) atoms. The van der Waals surface area contributed by atoms with E-state index in [-0.39, 0.29) is 65.4 Å². The number of hydrogen-bond acceptors (Lipinski definition) is 1. The number of carboxylic acid groups (broad SMARTS) is 2. The Labute approximate surface area is 85.7 Å². The molecule has 0 bridgehead atoms. The molecule has 2 N–H and O–H groups in total. The van der Waals surface area contributed by atoms with E-state index < -0.39 is 6.16 Å². The second-order valence-electron chi connectivity index (χ2n) is 0.283. The fraction of sp³-hybridized carbons (Fsp3) is 0. The molecule has 0 atom stereocenters. The zero-order valence-corrected chi connectivity index (χ0v) is 3.92. The van der Waals surface area contributed by atoms with E-state index in [1.54, 1.807) is 0 Å². The van der Waals surface area contributed by atoms with Crippen molar-refractivity contribution in [3.05, 3.63) is 0 Å². The van der Waals surface area contributed by atoms with E-state index in [4.69, 9.17) is 15.0 Å². The molecule has 3 nitrogen and oxygen atoms in total. The molecular formula is CH5BrLiNaO3. The van der Waals surface area contributed by atoms with Gasteiger partial charge in [-0.05, 0) is 0 Å². The van der Waals surface area contributed by atoms with E-state index in [9.17, 15) is 0 Å². The third kappa shape index (κ3) is 116. The zero-order valence-electron chi connectivity index (χ0n) is 2.21. The molecule has 0 fully saturated rings. The van der Waals surface area contributed by atoms with Gasteiger partial charge < -0.3 is 10.2 Å². The van der Waals surface area contributed by atoms with Gasteiger partial charge in [0, 0.05) is 0 Å². The summed E-state index contributed by atoms with van der Waals surface area (Å²) < 4.78 is 0. The summed E-state index contributed by atoms with van der Waals surface area (Å²) >= 11 is 0. The predicted molar refractivity (Wildman–Crippen MR) is 35.3 cm³/mol. The van der Waals surface area contributed by atoms with Gasteiger partial charge in [-0.15, -0.1) is 17.0 Å². The molecule has 0 saturated heterocycles. The van der Waals surface area contributed by atoms with Crippen molar-refractivity contribution in [2.24, 2.45) is 0 Å². The average molecular weight is 175 g/mol. The average Bonchev–Trinajstić information content (AvgIpc) is 0.811. The summed E-state index contributed by atoms with van der Waals surface area (Å²) in [7, 11) is 0. The molecular weight excluding hydrogens is 170 g/mol. The van der Waals surface area contributed by atoms with Crippen LogP contribution in [0.3, 0.4) is 0 Å². The van der Waals surface area contributed by atoms with Crippen molar-refractivity contribution in [3.63, 3.8) is 0 Å². The first-order valence-corrected chi connectivity index (χ1v) is 0.651. The van der Waals surface area contributed by atoms with Gasteiger partial charge in [0.25, 0.3) is 0 Å². The van der Waals surface area contributed by atoms with Gasteiger partial charge in [-0.2, -0.15) is 0 Å². The van der Waals surface area contributed by atoms with Crippen LogP contribution in [0.1, 0.15) is 0 Å². The molecule has 0 spiro atoms. The molecule has 0 amide bonds. The van der Waals surface area contributed by atoms with E-state index >= 15 is 0 Å². The molecule has 0 rings (SSSR count). The van der Waals surface area contributed by atoms with E-state index in [1.165, 1.54) is 0 Å². The summed E-state index contributed by atoms with van der Waals surface area (Å²) in [5.74, 6) is 0. The van der Waals surface area contributed by atoms with Crippen molar-refractivity contribution < 1.29 is 15.0 Å². The first-order valence-electron chi connectivity index (χ1n) is 0.651. The normalized spacial score (nSPS) is 3.43. The molecule has 0 aliphatic rings. The maximum atomic E-state index is 8.56. The maximum absolute atomic E-state index is 8.56. The first kappa shape index (κ1) is 23.8. The summed E-state index contributed by atoms with van der Waals surface area (Å²) in [6, 6.07) is 0. The Morgan fingerprint density at radius 3 is 1.29 bits per heavy atom. The van der Waals surface area contributed by atoms with Crippen LogP contribution in [-0.2, 0) is 0 Å². The van der Waals surface area contributed by atoms with E-state index in [1.807, 2.05) is 0 Å². The first-order chi connectivity index (χ1) is 1.73. The van der Waals surface area contributed by atoms with Crippen LogP contribution in [0.25, 0.3) is 0 Å². The quantitative estimate of drug-likeness (QED) is 0.488. The Balaban J connectivity index is -0.0000000150. The van der Waals surface area contributed by atoms with Gasteiger partial charge in [-0.3, -0.25) is 0 Å². The van der Waals surface area contributed by atoms with Crippen LogP contribution in [0, 0.1) is 0 Å². The Hall–Kier alpha value is 1.35. The molecule has 0 aromatic rings. The Morgan fingerprint density at radius 1 is 1.29 bits per heavy atom. The Bertz CT molecular complexity index is 37.9. The van der Waals surface area contributed by atoms with Crippen molar-refractivity contribution >= 4 is 71.6 Å². The third-order valence-electron chi connectivity index (χ3n) is 0. The standard InChI is InChI=1S/CH2O3.BrH.Li.Na.2H/c2-1(3)4;;;;;/h(H2,2,3,4);1H;;;;. The van der Waals surface area contributed by atoms with Gasteiger partial charge in [0.2, 0.25) is 0 Å². The van der Waals surface area contributed by atoms with E-state index in [2.05, 4.69) is 0 Å². The summed E-state index contributed by atoms with van der Waals surface area (Å²) in [6.07, 6.45) is -1.83. The molecule has 6 heteroatoms. The van der Waals surface area contributed by atoms with Gasteiger partial charge in [0.1, 0.15) is 0 Å². The van der Waals surface area contributed by atoms with Crippen LogP contribution in [-0.4, -0.2) is 64.8 Å². The molecule has 0 aromatic heterocycles. The van der Waals surface area contributed by atoms with Gasteiger partial charge in [-0.25, -0.2) is 4.79 Å². The molecule has 0 heterocycles. The van der Waals surface area contributed by atoms with E-state index in [0.29, 0.717) is 0 Å². The van der Waals surface area contributed by atoms with Crippen molar-refractivity contribution in [3.8, 4) is 0 Å². The molecule has 0 aliphatic heterocycles. The SMILES string of the molecule is Br.O=C(O)O.[LiH].[NaH]. The molecule has 36 valence electrons. The number of hydrogen-bond donors (Lipinski definition) is 2. The summed E-state index contributed by atoms with van der Waals surface area (Å²) in [4.78, 5) is 8.56. The second kappa shape index (κ2) is 15.7. The fourth-order valence-corrected chi connectivity index (χ4v) is 0. The summed E-state index contributed by atoms with van der Waals surface area (Å²) in [5.41, 5.74) is 0. The zero-order chi connectivity index (χ0) is 3.58. The summed E-state index contributed by atoms with van der Waals surface area (Å²) in [6.45, 7) is 0. The Kier molecular flexibility index (Phi) is 53.3. The van der Waals surface area contributed by atoms with Crippen LogP contribution < -0.4 is 0 Å². The number of rotatable bonds is 0. The molecule has 0 saturated carbocycles. The predicted octanol–water partition coefficient (Wildman–Crippen LogP) is -0.497. The number of carbonyl (C=O) groups is 1. The van der Waals surface area contributed by atoms with Gasteiger partial charge in [0.15, 0.2) is 0 Å². The van der Waals surface area contributed by atoms with Crippen LogP contribution >= 0.6 is 17.0 Å².